The predicted molar refractivity (Wildman–Crippen MR) is 75.4 cm³/mol. The van der Waals surface area contributed by atoms with E-state index in [1.54, 1.807) is 0 Å². The highest BCUT2D eigenvalue weighted by Gasteiger charge is 2.21. The molecule has 3 heteroatoms. The number of hydrogen-bond acceptors (Lipinski definition) is 3. The van der Waals surface area contributed by atoms with Crippen molar-refractivity contribution in [1.29, 1.82) is 0 Å². The highest BCUT2D eigenvalue weighted by atomic mass is 16.3. The molecule has 0 saturated heterocycles. The highest BCUT2D eigenvalue weighted by molar-refractivity contribution is 4.81. The summed E-state index contributed by atoms with van der Waals surface area (Å²) in [5.74, 6) is 0.730. The molecule has 17 heavy (non-hydrogen) atoms. The fraction of sp³-hybridized carbons (Fsp3) is 1.00. The molecule has 0 aliphatic carbocycles. The summed E-state index contributed by atoms with van der Waals surface area (Å²) in [6.45, 7) is 15.5. The van der Waals surface area contributed by atoms with Gasteiger partial charge in [0.2, 0.25) is 0 Å². The van der Waals surface area contributed by atoms with Crippen LogP contribution in [0.1, 0.15) is 47.5 Å². The molecule has 0 aromatic carbocycles. The lowest BCUT2D eigenvalue weighted by Crippen LogP contribution is -2.46. The smallest absolute Gasteiger partial charge is 0.0610 e. The summed E-state index contributed by atoms with van der Waals surface area (Å²) in [7, 11) is 0. The number of aliphatic hydroxyl groups is 1. The fourth-order valence-electron chi connectivity index (χ4n) is 2.24. The van der Waals surface area contributed by atoms with Gasteiger partial charge in [0, 0.05) is 12.1 Å². The molecule has 1 unspecified atom stereocenters. The molecule has 0 bridgehead atoms. The van der Waals surface area contributed by atoms with E-state index in [1.807, 2.05) is 0 Å². The first kappa shape index (κ1) is 16.9. The average molecular weight is 244 g/mol. The van der Waals surface area contributed by atoms with Crippen LogP contribution in [0.5, 0.6) is 0 Å². The molecule has 0 spiro atoms. The molecule has 104 valence electrons. The minimum Gasteiger partial charge on any atom is -0.394 e. The SMILES string of the molecule is CCNC(C)(CO)CCCN(CC)CC(C)C. The maximum absolute atomic E-state index is 9.41. The zero-order valence-electron chi connectivity index (χ0n) is 12.4. The molecule has 0 amide bonds. The average Bonchev–Trinajstić information content (AvgIpc) is 2.27. The molecule has 1 atom stereocenters. The third-order valence-corrected chi connectivity index (χ3v) is 3.23. The molecule has 0 radical (unpaired) electrons. The Morgan fingerprint density at radius 1 is 1.29 bits per heavy atom. The molecule has 0 heterocycles. The minimum atomic E-state index is -0.105. The van der Waals surface area contributed by atoms with E-state index in [0.717, 1.165) is 38.4 Å². The number of hydrogen-bond donors (Lipinski definition) is 2. The first-order valence-corrected chi connectivity index (χ1v) is 7.05. The van der Waals surface area contributed by atoms with Gasteiger partial charge >= 0.3 is 0 Å². The Morgan fingerprint density at radius 2 is 1.94 bits per heavy atom. The number of rotatable bonds is 10. The van der Waals surface area contributed by atoms with E-state index in [9.17, 15) is 5.11 Å². The first-order chi connectivity index (χ1) is 7.97. The van der Waals surface area contributed by atoms with E-state index < -0.39 is 0 Å². The van der Waals surface area contributed by atoms with Crippen molar-refractivity contribution in [2.75, 3.05) is 32.8 Å². The number of aliphatic hydroxyl groups excluding tert-OH is 1. The summed E-state index contributed by atoms with van der Waals surface area (Å²) < 4.78 is 0. The van der Waals surface area contributed by atoms with Crippen LogP contribution in [0.25, 0.3) is 0 Å². The Balaban J connectivity index is 3.93. The van der Waals surface area contributed by atoms with Gasteiger partial charge in [-0.2, -0.15) is 0 Å². The van der Waals surface area contributed by atoms with Crippen LogP contribution in [0.3, 0.4) is 0 Å². The van der Waals surface area contributed by atoms with Crippen molar-refractivity contribution in [2.24, 2.45) is 5.92 Å². The summed E-state index contributed by atoms with van der Waals surface area (Å²) in [6.07, 6.45) is 2.18. The molecule has 0 aromatic heterocycles. The van der Waals surface area contributed by atoms with E-state index in [1.165, 1.54) is 6.54 Å². The lowest BCUT2D eigenvalue weighted by molar-refractivity contribution is 0.157. The molecular formula is C14H32N2O. The summed E-state index contributed by atoms with van der Waals surface area (Å²) in [5.41, 5.74) is -0.105. The van der Waals surface area contributed by atoms with Crippen LogP contribution in [0.4, 0.5) is 0 Å². The van der Waals surface area contributed by atoms with E-state index in [0.29, 0.717) is 0 Å². The van der Waals surface area contributed by atoms with Gasteiger partial charge in [-0.3, -0.25) is 0 Å². The molecule has 0 aromatic rings. The van der Waals surface area contributed by atoms with Gasteiger partial charge in [0.1, 0.15) is 0 Å². The van der Waals surface area contributed by atoms with Crippen LogP contribution in [-0.2, 0) is 0 Å². The normalized spacial score (nSPS) is 15.5. The molecule has 0 aliphatic heterocycles. The summed E-state index contributed by atoms with van der Waals surface area (Å²) in [5, 5.41) is 12.8. The van der Waals surface area contributed by atoms with E-state index in [-0.39, 0.29) is 12.1 Å². The Hall–Kier alpha value is -0.120. The van der Waals surface area contributed by atoms with Crippen LogP contribution in [0.15, 0.2) is 0 Å². The monoisotopic (exact) mass is 244 g/mol. The Kier molecular flexibility index (Phi) is 8.83. The van der Waals surface area contributed by atoms with Gasteiger partial charge < -0.3 is 15.3 Å². The first-order valence-electron chi connectivity index (χ1n) is 7.05. The summed E-state index contributed by atoms with van der Waals surface area (Å²) in [4.78, 5) is 2.49. The van der Waals surface area contributed by atoms with Crippen molar-refractivity contribution in [1.82, 2.24) is 10.2 Å². The lowest BCUT2D eigenvalue weighted by atomic mass is 9.96. The maximum Gasteiger partial charge on any atom is 0.0610 e. The van der Waals surface area contributed by atoms with Gasteiger partial charge in [-0.1, -0.05) is 27.7 Å². The second-order valence-corrected chi connectivity index (χ2v) is 5.64. The molecule has 2 N–H and O–H groups in total. The lowest BCUT2D eigenvalue weighted by Gasteiger charge is -2.30. The summed E-state index contributed by atoms with van der Waals surface area (Å²) in [6, 6.07) is 0. The van der Waals surface area contributed by atoms with E-state index >= 15 is 0 Å². The zero-order valence-corrected chi connectivity index (χ0v) is 12.4. The number of nitrogens with zero attached hydrogens (tertiary/aromatic N) is 1. The Bertz CT molecular complexity index is 185. The van der Waals surface area contributed by atoms with Gasteiger partial charge in [0.05, 0.1) is 6.61 Å². The third-order valence-electron chi connectivity index (χ3n) is 3.23. The third kappa shape index (κ3) is 7.74. The van der Waals surface area contributed by atoms with Crippen molar-refractivity contribution >= 4 is 0 Å². The molecule has 3 nitrogen and oxygen atoms in total. The van der Waals surface area contributed by atoms with E-state index in [2.05, 4.69) is 44.8 Å². The molecule has 0 fully saturated rings. The van der Waals surface area contributed by atoms with Crippen LogP contribution in [-0.4, -0.2) is 48.3 Å². The van der Waals surface area contributed by atoms with Crippen molar-refractivity contribution in [3.05, 3.63) is 0 Å². The molecule has 0 aliphatic rings. The predicted octanol–water partition coefficient (Wildman–Crippen LogP) is 2.10. The fourth-order valence-corrected chi connectivity index (χ4v) is 2.24. The second-order valence-electron chi connectivity index (χ2n) is 5.64. The Labute approximate surface area is 108 Å². The van der Waals surface area contributed by atoms with Crippen LogP contribution < -0.4 is 5.32 Å². The van der Waals surface area contributed by atoms with Gasteiger partial charge in [0.15, 0.2) is 0 Å². The van der Waals surface area contributed by atoms with Gasteiger partial charge in [-0.05, 0) is 45.3 Å². The van der Waals surface area contributed by atoms with Crippen LogP contribution in [0, 0.1) is 5.92 Å². The second kappa shape index (κ2) is 8.90. The van der Waals surface area contributed by atoms with E-state index in [4.69, 9.17) is 0 Å². The molecular weight excluding hydrogens is 212 g/mol. The quantitative estimate of drug-likeness (QED) is 0.618. The van der Waals surface area contributed by atoms with Crippen molar-refractivity contribution in [2.45, 2.75) is 53.0 Å². The topological polar surface area (TPSA) is 35.5 Å². The maximum atomic E-state index is 9.41. The minimum absolute atomic E-state index is 0.105. The largest absolute Gasteiger partial charge is 0.394 e. The zero-order chi connectivity index (χ0) is 13.3. The molecule has 0 saturated carbocycles. The standard InChI is InChI=1S/C14H32N2O/c1-6-15-14(5,12-17)9-8-10-16(7-2)11-13(3)4/h13,15,17H,6-12H2,1-5H3. The van der Waals surface area contributed by atoms with Crippen LogP contribution in [0.2, 0.25) is 0 Å². The van der Waals surface area contributed by atoms with Crippen molar-refractivity contribution in [3.8, 4) is 0 Å². The highest BCUT2D eigenvalue weighted by Crippen LogP contribution is 2.12. The molecule has 0 rings (SSSR count). The van der Waals surface area contributed by atoms with Crippen molar-refractivity contribution in [3.63, 3.8) is 0 Å². The Morgan fingerprint density at radius 3 is 2.35 bits per heavy atom. The summed E-state index contributed by atoms with van der Waals surface area (Å²) >= 11 is 0. The number of likely N-dealkylation sites (N-methyl/N-ethyl adjacent to an activating group) is 1. The van der Waals surface area contributed by atoms with Gasteiger partial charge in [-0.25, -0.2) is 0 Å². The van der Waals surface area contributed by atoms with Crippen molar-refractivity contribution < 1.29 is 5.11 Å². The van der Waals surface area contributed by atoms with Gasteiger partial charge in [0.25, 0.3) is 0 Å². The number of nitrogens with one attached hydrogen (secondary N) is 1. The van der Waals surface area contributed by atoms with Crippen LogP contribution >= 0.6 is 0 Å². The van der Waals surface area contributed by atoms with Gasteiger partial charge in [-0.15, -0.1) is 0 Å².